The van der Waals surface area contributed by atoms with Gasteiger partial charge >= 0.3 is 0 Å². The zero-order chi connectivity index (χ0) is 15.9. The third-order valence-corrected chi connectivity index (χ3v) is 3.49. The van der Waals surface area contributed by atoms with Crippen LogP contribution in [0.3, 0.4) is 0 Å². The summed E-state index contributed by atoms with van der Waals surface area (Å²) in [6, 6.07) is 0. The number of nitrogens with one attached hydrogen (secondary N) is 2. The number of ether oxygens (including phenoxy) is 1. The van der Waals surface area contributed by atoms with E-state index in [9.17, 15) is 14.4 Å². The first-order valence-corrected chi connectivity index (χ1v) is 6.86. The largest absolute Gasteiger partial charge is 0.347 e. The number of fused-ring (bicyclic) bond motifs is 1. The summed E-state index contributed by atoms with van der Waals surface area (Å²) in [4.78, 5) is 45.1. The van der Waals surface area contributed by atoms with E-state index in [1.807, 2.05) is 0 Å². The van der Waals surface area contributed by atoms with E-state index in [4.69, 9.17) is 4.74 Å². The normalized spacial score (nSPS) is 21.2. The van der Waals surface area contributed by atoms with Crippen molar-refractivity contribution in [2.75, 3.05) is 5.32 Å². The average molecular weight is 305 g/mol. The minimum atomic E-state index is -0.450. The van der Waals surface area contributed by atoms with Crippen LogP contribution in [0, 0.1) is 0 Å². The number of aromatic nitrogens is 4. The van der Waals surface area contributed by atoms with Gasteiger partial charge in [0.1, 0.15) is 12.3 Å². The Balaban J connectivity index is 2.00. The van der Waals surface area contributed by atoms with Crippen LogP contribution in [-0.2, 0) is 14.3 Å². The maximum absolute atomic E-state index is 12.0. The molecule has 0 radical (unpaired) electrons. The van der Waals surface area contributed by atoms with Gasteiger partial charge in [-0.3, -0.25) is 29.3 Å². The minimum absolute atomic E-state index is 0.0309. The summed E-state index contributed by atoms with van der Waals surface area (Å²) in [5.74, 6) is -0.327. The van der Waals surface area contributed by atoms with Gasteiger partial charge < -0.3 is 4.74 Å². The zero-order valence-electron chi connectivity index (χ0n) is 12.1. The third kappa shape index (κ3) is 2.50. The number of carbonyl (C=O) groups is 2. The van der Waals surface area contributed by atoms with Gasteiger partial charge in [-0.1, -0.05) is 0 Å². The molecule has 2 aromatic heterocycles. The molecule has 2 N–H and O–H groups in total. The molecule has 2 atom stereocenters. The van der Waals surface area contributed by atoms with Crippen LogP contribution in [-0.4, -0.2) is 37.3 Å². The number of ketones is 1. The highest BCUT2D eigenvalue weighted by atomic mass is 16.5. The molecule has 2 unspecified atom stereocenters. The van der Waals surface area contributed by atoms with Crippen LogP contribution in [0.4, 0.5) is 5.95 Å². The molecule has 22 heavy (non-hydrogen) atoms. The highest BCUT2D eigenvalue weighted by Crippen LogP contribution is 2.30. The average Bonchev–Trinajstić information content (AvgIpc) is 3.03. The molecular formula is C13H15N5O4. The molecule has 3 rings (SSSR count). The zero-order valence-corrected chi connectivity index (χ0v) is 12.1. The van der Waals surface area contributed by atoms with Crippen molar-refractivity contribution in [1.29, 1.82) is 0 Å². The molecule has 0 bridgehead atoms. The number of anilines is 1. The molecule has 0 spiro atoms. The number of carbonyl (C=O) groups excluding carboxylic acids is 2. The number of Topliss-reactive ketones (excluding diaryl/α,β-unsaturated/α-hetero) is 1. The maximum atomic E-state index is 12.0. The fourth-order valence-electron chi connectivity index (χ4n) is 2.49. The molecule has 0 aromatic carbocycles. The van der Waals surface area contributed by atoms with Crippen LogP contribution in [0.1, 0.15) is 32.9 Å². The Labute approximate surface area is 124 Å². The van der Waals surface area contributed by atoms with Crippen LogP contribution < -0.4 is 10.9 Å². The first-order chi connectivity index (χ1) is 10.5. The Kier molecular flexibility index (Phi) is 3.49. The lowest BCUT2D eigenvalue weighted by Crippen LogP contribution is -2.19. The smallest absolute Gasteiger partial charge is 0.280 e. The summed E-state index contributed by atoms with van der Waals surface area (Å²) in [6.07, 6.45) is 1.84. The number of aromatic amines is 1. The Morgan fingerprint density at radius 3 is 2.82 bits per heavy atom. The van der Waals surface area contributed by atoms with Crippen LogP contribution in [0.25, 0.3) is 11.2 Å². The van der Waals surface area contributed by atoms with Gasteiger partial charge in [-0.2, -0.15) is 4.98 Å². The Hall–Kier alpha value is -2.55. The van der Waals surface area contributed by atoms with Gasteiger partial charge in [-0.15, -0.1) is 0 Å². The summed E-state index contributed by atoms with van der Waals surface area (Å²) in [5.41, 5.74) is 0.0132. The predicted molar refractivity (Wildman–Crippen MR) is 76.3 cm³/mol. The van der Waals surface area contributed by atoms with Crippen molar-refractivity contribution in [2.24, 2.45) is 0 Å². The number of nitrogens with zero attached hydrogens (tertiary/aromatic N) is 3. The van der Waals surface area contributed by atoms with Crippen LogP contribution in [0.2, 0.25) is 0 Å². The van der Waals surface area contributed by atoms with Crippen molar-refractivity contribution < 1.29 is 14.3 Å². The van der Waals surface area contributed by atoms with E-state index < -0.39 is 17.9 Å². The molecule has 0 saturated carbocycles. The second-order valence-electron chi connectivity index (χ2n) is 5.19. The standard InChI is InChI=1S/C13H15N5O4/c1-6(19)8-3-4-9(22-8)18-5-14-10-11(18)16-13(15-7(2)20)17-12(10)21/h5,8-9H,3-4H2,1-2H3,(H2,15,16,17,20,21). The van der Waals surface area contributed by atoms with Crippen molar-refractivity contribution in [1.82, 2.24) is 19.5 Å². The lowest BCUT2D eigenvalue weighted by Gasteiger charge is -2.13. The fourth-order valence-corrected chi connectivity index (χ4v) is 2.49. The lowest BCUT2D eigenvalue weighted by atomic mass is 10.2. The Morgan fingerprint density at radius 2 is 2.18 bits per heavy atom. The van der Waals surface area contributed by atoms with Gasteiger partial charge in [-0.25, -0.2) is 4.98 Å². The molecule has 1 fully saturated rings. The van der Waals surface area contributed by atoms with E-state index in [0.29, 0.717) is 18.5 Å². The number of hydrogen-bond acceptors (Lipinski definition) is 6. The van der Waals surface area contributed by atoms with E-state index >= 15 is 0 Å². The summed E-state index contributed by atoms with van der Waals surface area (Å²) in [7, 11) is 0. The van der Waals surface area contributed by atoms with Crippen molar-refractivity contribution in [3.63, 3.8) is 0 Å². The number of hydrogen-bond donors (Lipinski definition) is 2. The molecule has 2 aromatic rings. The van der Waals surface area contributed by atoms with Gasteiger partial charge in [0, 0.05) is 6.92 Å². The van der Waals surface area contributed by atoms with Crippen molar-refractivity contribution in [3.05, 3.63) is 16.7 Å². The van der Waals surface area contributed by atoms with Crippen molar-refractivity contribution in [2.45, 2.75) is 39.0 Å². The predicted octanol–water partition coefficient (Wildman–Crippen LogP) is 0.345. The SMILES string of the molecule is CC(=O)Nc1nc2c(ncn2C2CCC(C(C)=O)O2)c(=O)[nH]1. The van der Waals surface area contributed by atoms with Gasteiger partial charge in [-0.05, 0) is 19.8 Å². The molecule has 116 valence electrons. The summed E-state index contributed by atoms with van der Waals surface area (Å²) < 4.78 is 7.28. The number of H-pyrrole nitrogens is 1. The van der Waals surface area contributed by atoms with Gasteiger partial charge in [0.25, 0.3) is 5.56 Å². The van der Waals surface area contributed by atoms with Crippen LogP contribution >= 0.6 is 0 Å². The molecule has 0 aliphatic carbocycles. The van der Waals surface area contributed by atoms with Crippen LogP contribution in [0.5, 0.6) is 0 Å². The van der Waals surface area contributed by atoms with Crippen LogP contribution in [0.15, 0.2) is 11.1 Å². The van der Waals surface area contributed by atoms with E-state index in [0.717, 1.165) is 0 Å². The van der Waals surface area contributed by atoms with E-state index in [2.05, 4.69) is 20.3 Å². The van der Waals surface area contributed by atoms with E-state index in [-0.39, 0.29) is 23.2 Å². The molecule has 9 nitrogen and oxygen atoms in total. The molecule has 1 saturated heterocycles. The highest BCUT2D eigenvalue weighted by Gasteiger charge is 2.30. The second-order valence-corrected chi connectivity index (χ2v) is 5.19. The molecule has 1 aliphatic rings. The number of amides is 1. The minimum Gasteiger partial charge on any atom is -0.347 e. The van der Waals surface area contributed by atoms with Gasteiger partial charge in [0.2, 0.25) is 11.9 Å². The topological polar surface area (TPSA) is 119 Å². The first kappa shape index (κ1) is 14.4. The molecule has 1 aliphatic heterocycles. The van der Waals surface area contributed by atoms with E-state index in [1.165, 1.54) is 20.2 Å². The Morgan fingerprint density at radius 1 is 1.41 bits per heavy atom. The van der Waals surface area contributed by atoms with Gasteiger partial charge in [0.15, 0.2) is 16.9 Å². The molecule has 1 amide bonds. The second kappa shape index (κ2) is 5.34. The molecule has 3 heterocycles. The lowest BCUT2D eigenvalue weighted by molar-refractivity contribution is -0.129. The maximum Gasteiger partial charge on any atom is 0.280 e. The summed E-state index contributed by atoms with van der Waals surface area (Å²) in [6.45, 7) is 2.80. The van der Waals surface area contributed by atoms with Gasteiger partial charge in [0.05, 0.1) is 6.33 Å². The van der Waals surface area contributed by atoms with Crippen molar-refractivity contribution >= 4 is 28.8 Å². The highest BCUT2D eigenvalue weighted by molar-refractivity contribution is 5.87. The summed E-state index contributed by atoms with van der Waals surface area (Å²) >= 11 is 0. The fraction of sp³-hybridized carbons (Fsp3) is 0.462. The molecular weight excluding hydrogens is 290 g/mol. The summed E-state index contributed by atoms with van der Waals surface area (Å²) in [5, 5.41) is 2.43. The van der Waals surface area contributed by atoms with Crippen molar-refractivity contribution in [3.8, 4) is 0 Å². The van der Waals surface area contributed by atoms with E-state index in [1.54, 1.807) is 4.57 Å². The monoisotopic (exact) mass is 305 g/mol. The first-order valence-electron chi connectivity index (χ1n) is 6.86. The quantitative estimate of drug-likeness (QED) is 0.844. The number of imidazole rings is 1. The third-order valence-electron chi connectivity index (χ3n) is 3.49. The Bertz CT molecular complexity index is 808. The number of rotatable bonds is 3. The molecule has 9 heteroatoms.